The first-order chi connectivity index (χ1) is 10.2. The molecule has 0 aliphatic carbocycles. The smallest absolute Gasteiger partial charge is 0.219 e. The second-order valence-electron chi connectivity index (χ2n) is 5.26. The maximum atomic E-state index is 11.3. The van der Waals surface area contributed by atoms with Gasteiger partial charge in [-0.05, 0) is 30.5 Å². The van der Waals surface area contributed by atoms with E-state index in [2.05, 4.69) is 5.32 Å². The van der Waals surface area contributed by atoms with Gasteiger partial charge in [-0.15, -0.1) is 0 Å². The van der Waals surface area contributed by atoms with Gasteiger partial charge in [0, 0.05) is 32.6 Å². The molecule has 0 atom stereocenters. The minimum absolute atomic E-state index is 0.0698. The Morgan fingerprint density at radius 2 is 2.24 bits per heavy atom. The molecule has 1 fully saturated rings. The van der Waals surface area contributed by atoms with E-state index in [0.29, 0.717) is 6.04 Å². The number of nitrogens with zero attached hydrogens (tertiary/aromatic N) is 2. The van der Waals surface area contributed by atoms with Crippen LogP contribution in [0, 0.1) is 11.3 Å². The maximum absolute atomic E-state index is 11.3. The fourth-order valence-corrected chi connectivity index (χ4v) is 2.52. The van der Waals surface area contributed by atoms with Crippen molar-refractivity contribution in [1.29, 1.82) is 5.26 Å². The van der Waals surface area contributed by atoms with Gasteiger partial charge in [0.15, 0.2) is 6.61 Å². The lowest BCUT2D eigenvalue weighted by Gasteiger charge is -2.31. The molecule has 2 rings (SSSR count). The molecule has 0 bridgehead atoms. The number of hydrogen-bond acceptors (Lipinski definition) is 4. The van der Waals surface area contributed by atoms with E-state index in [0.717, 1.165) is 43.8 Å². The summed E-state index contributed by atoms with van der Waals surface area (Å²) in [6, 6.07) is 10.2. The fourth-order valence-electron chi connectivity index (χ4n) is 2.52. The molecule has 0 aromatic heterocycles. The topological polar surface area (TPSA) is 65.4 Å². The molecule has 0 spiro atoms. The minimum atomic E-state index is 0.0698. The van der Waals surface area contributed by atoms with Gasteiger partial charge in [0.05, 0.1) is 0 Å². The van der Waals surface area contributed by atoms with Crippen LogP contribution < -0.4 is 10.1 Å². The zero-order chi connectivity index (χ0) is 15.1. The lowest BCUT2D eigenvalue weighted by Crippen LogP contribution is -2.43. The zero-order valence-corrected chi connectivity index (χ0v) is 12.3. The van der Waals surface area contributed by atoms with Gasteiger partial charge in [0.25, 0.3) is 0 Å². The molecule has 0 saturated carbocycles. The molecular weight excluding hydrogens is 266 g/mol. The molecule has 1 heterocycles. The van der Waals surface area contributed by atoms with Crippen LogP contribution in [0.5, 0.6) is 5.75 Å². The van der Waals surface area contributed by atoms with E-state index in [1.807, 2.05) is 35.2 Å². The zero-order valence-electron chi connectivity index (χ0n) is 12.3. The third-order valence-electron chi connectivity index (χ3n) is 3.74. The van der Waals surface area contributed by atoms with E-state index in [4.69, 9.17) is 10.00 Å². The van der Waals surface area contributed by atoms with Crippen molar-refractivity contribution < 1.29 is 9.53 Å². The molecule has 21 heavy (non-hydrogen) atoms. The highest BCUT2D eigenvalue weighted by molar-refractivity contribution is 5.73. The average molecular weight is 287 g/mol. The van der Waals surface area contributed by atoms with Gasteiger partial charge in [0.1, 0.15) is 11.8 Å². The molecule has 1 aromatic rings. The molecule has 0 unspecified atom stereocenters. The van der Waals surface area contributed by atoms with Crippen LogP contribution in [0.4, 0.5) is 0 Å². The van der Waals surface area contributed by atoms with Crippen molar-refractivity contribution in [1.82, 2.24) is 10.2 Å². The summed E-state index contributed by atoms with van der Waals surface area (Å²) in [5.74, 6) is 0.887. The number of carbonyl (C=O) groups excluding carboxylic acids is 1. The van der Waals surface area contributed by atoms with E-state index in [-0.39, 0.29) is 12.5 Å². The van der Waals surface area contributed by atoms with Crippen LogP contribution in [0.2, 0.25) is 0 Å². The van der Waals surface area contributed by atoms with Gasteiger partial charge in [-0.1, -0.05) is 12.1 Å². The molecule has 1 aliphatic heterocycles. The van der Waals surface area contributed by atoms with Crippen LogP contribution in [0.15, 0.2) is 24.3 Å². The highest BCUT2D eigenvalue weighted by Gasteiger charge is 2.19. The van der Waals surface area contributed by atoms with Crippen LogP contribution in [-0.2, 0) is 11.3 Å². The number of nitrogens with one attached hydrogen (secondary N) is 1. The Morgan fingerprint density at radius 1 is 1.48 bits per heavy atom. The number of rotatable bonds is 5. The third kappa shape index (κ3) is 4.76. The van der Waals surface area contributed by atoms with Crippen LogP contribution >= 0.6 is 0 Å². The first-order valence-electron chi connectivity index (χ1n) is 7.26. The van der Waals surface area contributed by atoms with Crippen LogP contribution in [0.1, 0.15) is 25.3 Å². The van der Waals surface area contributed by atoms with Gasteiger partial charge in [0.2, 0.25) is 5.91 Å². The van der Waals surface area contributed by atoms with Crippen molar-refractivity contribution in [2.75, 3.05) is 19.7 Å². The fraction of sp³-hybridized carbons (Fsp3) is 0.500. The lowest BCUT2D eigenvalue weighted by molar-refractivity contribution is -0.129. The van der Waals surface area contributed by atoms with Crippen molar-refractivity contribution in [3.8, 4) is 11.8 Å². The molecule has 1 aromatic carbocycles. The molecule has 1 N–H and O–H groups in total. The summed E-state index contributed by atoms with van der Waals surface area (Å²) >= 11 is 0. The first-order valence-corrected chi connectivity index (χ1v) is 7.26. The summed E-state index contributed by atoms with van der Waals surface area (Å²) in [7, 11) is 0. The number of nitriles is 1. The van der Waals surface area contributed by atoms with Crippen molar-refractivity contribution in [2.24, 2.45) is 0 Å². The molecule has 5 nitrogen and oxygen atoms in total. The Labute approximate surface area is 125 Å². The Kier molecular flexibility index (Phi) is 5.59. The summed E-state index contributed by atoms with van der Waals surface area (Å²) in [6.45, 7) is 4.13. The van der Waals surface area contributed by atoms with Gasteiger partial charge < -0.3 is 15.0 Å². The van der Waals surface area contributed by atoms with Crippen LogP contribution in [0.25, 0.3) is 0 Å². The minimum Gasteiger partial charge on any atom is -0.479 e. The number of likely N-dealkylation sites (tertiary alicyclic amines) is 1. The number of amides is 1. The van der Waals surface area contributed by atoms with E-state index in [1.165, 1.54) is 0 Å². The number of ether oxygens (including phenoxy) is 1. The summed E-state index contributed by atoms with van der Waals surface area (Å²) in [5.41, 5.74) is 1.14. The van der Waals surface area contributed by atoms with Crippen molar-refractivity contribution in [3.05, 3.63) is 29.8 Å². The molecule has 1 amide bonds. The first kappa shape index (κ1) is 15.3. The summed E-state index contributed by atoms with van der Waals surface area (Å²) in [4.78, 5) is 13.2. The van der Waals surface area contributed by atoms with Gasteiger partial charge in [-0.2, -0.15) is 5.26 Å². The quantitative estimate of drug-likeness (QED) is 0.895. The van der Waals surface area contributed by atoms with Gasteiger partial charge >= 0.3 is 0 Å². The number of hydrogen-bond donors (Lipinski definition) is 1. The monoisotopic (exact) mass is 287 g/mol. The van der Waals surface area contributed by atoms with Crippen LogP contribution in [-0.4, -0.2) is 36.5 Å². The average Bonchev–Trinajstić information content (AvgIpc) is 2.52. The van der Waals surface area contributed by atoms with E-state index in [1.54, 1.807) is 6.92 Å². The number of carbonyl (C=O) groups is 1. The van der Waals surface area contributed by atoms with E-state index >= 15 is 0 Å². The normalized spacial score (nSPS) is 15.5. The molecule has 1 aliphatic rings. The maximum Gasteiger partial charge on any atom is 0.219 e. The second kappa shape index (κ2) is 7.65. The summed E-state index contributed by atoms with van der Waals surface area (Å²) in [6.07, 6.45) is 1.98. The molecule has 112 valence electrons. The predicted molar refractivity (Wildman–Crippen MR) is 79.7 cm³/mol. The standard InChI is InChI=1S/C16H21N3O2/c1-13(20)19-8-5-15(6-9-19)18-12-14-3-2-4-16(11-14)21-10-7-17/h2-4,11,15,18H,5-6,8-10,12H2,1H3. The number of benzene rings is 1. The Bertz CT molecular complexity index is 516. The molecule has 0 radical (unpaired) electrons. The number of piperidine rings is 1. The largest absolute Gasteiger partial charge is 0.479 e. The molecular formula is C16H21N3O2. The van der Waals surface area contributed by atoms with E-state index < -0.39 is 0 Å². The Hall–Kier alpha value is -2.06. The summed E-state index contributed by atoms with van der Waals surface area (Å²) in [5, 5.41) is 12.0. The SMILES string of the molecule is CC(=O)N1CCC(NCc2cccc(OCC#N)c2)CC1. The Morgan fingerprint density at radius 3 is 2.90 bits per heavy atom. The molecule has 5 heteroatoms. The van der Waals surface area contributed by atoms with Gasteiger partial charge in [-0.3, -0.25) is 4.79 Å². The molecule has 1 saturated heterocycles. The van der Waals surface area contributed by atoms with Gasteiger partial charge in [-0.25, -0.2) is 0 Å². The van der Waals surface area contributed by atoms with E-state index in [9.17, 15) is 4.79 Å². The van der Waals surface area contributed by atoms with Crippen molar-refractivity contribution in [3.63, 3.8) is 0 Å². The third-order valence-corrected chi connectivity index (χ3v) is 3.74. The van der Waals surface area contributed by atoms with Crippen LogP contribution in [0.3, 0.4) is 0 Å². The summed E-state index contributed by atoms with van der Waals surface area (Å²) < 4.78 is 5.30. The van der Waals surface area contributed by atoms with Crippen molar-refractivity contribution in [2.45, 2.75) is 32.4 Å². The highest BCUT2D eigenvalue weighted by atomic mass is 16.5. The van der Waals surface area contributed by atoms with Crippen molar-refractivity contribution >= 4 is 5.91 Å². The Balaban J connectivity index is 1.78. The highest BCUT2D eigenvalue weighted by Crippen LogP contribution is 2.15. The second-order valence-corrected chi connectivity index (χ2v) is 5.26. The predicted octanol–water partition coefficient (Wildman–Crippen LogP) is 1.69. The lowest BCUT2D eigenvalue weighted by atomic mass is 10.0.